The number of rotatable bonds is 3. The summed E-state index contributed by atoms with van der Waals surface area (Å²) in [5, 5.41) is 31.9. The van der Waals surface area contributed by atoms with E-state index in [1.54, 1.807) is 0 Å². The Morgan fingerprint density at radius 1 is 1.26 bits per heavy atom. The van der Waals surface area contributed by atoms with Gasteiger partial charge >= 0.3 is 0 Å². The minimum absolute atomic E-state index is 0.0333. The number of hydrogen-bond acceptors (Lipinski definition) is 6. The van der Waals surface area contributed by atoms with Crippen molar-refractivity contribution >= 4 is 5.91 Å². The molecule has 1 amide bonds. The minimum atomic E-state index is -1.39. The zero-order chi connectivity index (χ0) is 14.8. The smallest absolute Gasteiger partial charge is 0.217 e. The maximum absolute atomic E-state index is 11.0. The van der Waals surface area contributed by atoms with Crippen molar-refractivity contribution in [2.24, 2.45) is 0 Å². The molecule has 4 N–H and O–H groups in total. The lowest BCUT2D eigenvalue weighted by atomic mass is 9.97. The van der Waals surface area contributed by atoms with E-state index in [1.165, 1.54) is 6.92 Å². The largest absolute Gasteiger partial charge is 0.388 e. The van der Waals surface area contributed by atoms with Crippen LogP contribution in [-0.4, -0.2) is 64.1 Å². The van der Waals surface area contributed by atoms with Crippen molar-refractivity contribution in [1.82, 2.24) is 5.32 Å². The average molecular weight is 277 g/mol. The van der Waals surface area contributed by atoms with Gasteiger partial charge < -0.3 is 30.1 Å². The molecule has 1 aliphatic heterocycles. The lowest BCUT2D eigenvalue weighted by Crippen LogP contribution is -2.64. The molecule has 7 heteroatoms. The second kappa shape index (κ2) is 6.15. The van der Waals surface area contributed by atoms with Crippen LogP contribution in [-0.2, 0) is 14.3 Å². The van der Waals surface area contributed by atoms with E-state index in [9.17, 15) is 20.1 Å². The van der Waals surface area contributed by atoms with E-state index >= 15 is 0 Å². The number of nitrogens with one attached hydrogen (secondary N) is 1. The number of carbonyl (C=O) groups excluding carboxylic acids is 1. The molecule has 7 nitrogen and oxygen atoms in total. The number of hydrogen-bond donors (Lipinski definition) is 4. The zero-order valence-corrected chi connectivity index (χ0v) is 11.7. The third-order valence-corrected chi connectivity index (χ3v) is 2.77. The molecule has 1 rings (SSSR count). The summed E-state index contributed by atoms with van der Waals surface area (Å²) in [6.45, 7) is 6.81. The second-order valence-electron chi connectivity index (χ2n) is 5.70. The Hall–Kier alpha value is -0.730. The van der Waals surface area contributed by atoms with Crippen LogP contribution in [0.1, 0.15) is 27.7 Å². The predicted octanol–water partition coefficient (Wildman–Crippen LogP) is -1.25. The highest BCUT2D eigenvalue weighted by Crippen LogP contribution is 2.21. The van der Waals surface area contributed by atoms with Crippen LogP contribution < -0.4 is 5.32 Å². The topological polar surface area (TPSA) is 108 Å². The van der Waals surface area contributed by atoms with Crippen molar-refractivity contribution in [3.63, 3.8) is 0 Å². The lowest BCUT2D eigenvalue weighted by molar-refractivity contribution is -0.261. The summed E-state index contributed by atoms with van der Waals surface area (Å²) in [5.41, 5.74) is -0.423. The van der Waals surface area contributed by atoms with E-state index in [0.29, 0.717) is 0 Å². The van der Waals surface area contributed by atoms with Crippen LogP contribution in [0.2, 0.25) is 0 Å². The number of aliphatic hydroxyl groups excluding tert-OH is 3. The molecule has 1 saturated heterocycles. The summed E-state index contributed by atoms with van der Waals surface area (Å²) in [7, 11) is 0. The van der Waals surface area contributed by atoms with Gasteiger partial charge in [-0.3, -0.25) is 4.79 Å². The van der Waals surface area contributed by atoms with Gasteiger partial charge in [-0.2, -0.15) is 0 Å². The molecular weight excluding hydrogens is 254 g/mol. The van der Waals surface area contributed by atoms with Crippen molar-refractivity contribution in [3.05, 3.63) is 0 Å². The number of amides is 1. The third-order valence-electron chi connectivity index (χ3n) is 2.77. The quantitative estimate of drug-likeness (QED) is 0.513. The van der Waals surface area contributed by atoms with Gasteiger partial charge in [0.1, 0.15) is 24.4 Å². The van der Waals surface area contributed by atoms with Gasteiger partial charge in [-0.15, -0.1) is 0 Å². The summed E-state index contributed by atoms with van der Waals surface area (Å²) >= 11 is 0. The average Bonchev–Trinajstić information content (AvgIpc) is 2.26. The molecule has 19 heavy (non-hydrogen) atoms. The van der Waals surface area contributed by atoms with Gasteiger partial charge in [-0.05, 0) is 20.8 Å². The first-order valence-corrected chi connectivity index (χ1v) is 6.22. The molecule has 5 atom stereocenters. The van der Waals surface area contributed by atoms with Crippen LogP contribution in [0, 0.1) is 0 Å². The molecule has 0 aliphatic carbocycles. The molecule has 1 fully saturated rings. The zero-order valence-electron chi connectivity index (χ0n) is 11.7. The molecule has 0 saturated carbocycles. The molecular formula is C12H23NO6. The highest BCUT2D eigenvalue weighted by molar-refractivity contribution is 5.73. The summed E-state index contributed by atoms with van der Waals surface area (Å²) in [5.74, 6) is -0.428. The Labute approximate surface area is 112 Å². The summed E-state index contributed by atoms with van der Waals surface area (Å²) in [4.78, 5) is 11.0. The van der Waals surface area contributed by atoms with E-state index < -0.39 is 42.2 Å². The van der Waals surface area contributed by atoms with Crippen LogP contribution in [0.5, 0.6) is 0 Å². The SMILES string of the molecule is CC(=O)N[C@@H]1[C@@H](O)[C@@H](O)[C@@H](COC(C)(C)C)O[C@H]1O. The summed E-state index contributed by atoms with van der Waals surface area (Å²) in [6.07, 6.45) is -4.81. The fraction of sp³-hybridized carbons (Fsp3) is 0.917. The molecule has 0 aromatic rings. The Morgan fingerprint density at radius 2 is 1.84 bits per heavy atom. The first-order valence-electron chi connectivity index (χ1n) is 6.22. The van der Waals surface area contributed by atoms with Crippen LogP contribution in [0.15, 0.2) is 0 Å². The molecule has 0 aromatic heterocycles. The normalized spacial score (nSPS) is 36.1. The van der Waals surface area contributed by atoms with Crippen LogP contribution in [0.25, 0.3) is 0 Å². The highest BCUT2D eigenvalue weighted by Gasteiger charge is 2.44. The van der Waals surface area contributed by atoms with E-state index in [2.05, 4.69) is 5.32 Å². The van der Waals surface area contributed by atoms with Crippen LogP contribution in [0.3, 0.4) is 0 Å². The summed E-state index contributed by atoms with van der Waals surface area (Å²) in [6, 6.07) is -1.06. The third kappa shape index (κ3) is 4.70. The van der Waals surface area contributed by atoms with Gasteiger partial charge in [0.25, 0.3) is 0 Å². The molecule has 0 spiro atoms. The van der Waals surface area contributed by atoms with E-state index in [0.717, 1.165) is 0 Å². The fourth-order valence-corrected chi connectivity index (χ4v) is 1.81. The Balaban J connectivity index is 2.63. The van der Waals surface area contributed by atoms with Gasteiger partial charge in [0.2, 0.25) is 5.91 Å². The monoisotopic (exact) mass is 277 g/mol. The van der Waals surface area contributed by atoms with Gasteiger partial charge in [0, 0.05) is 6.92 Å². The Bertz CT molecular complexity index is 316. The van der Waals surface area contributed by atoms with Gasteiger partial charge in [-0.25, -0.2) is 0 Å². The van der Waals surface area contributed by atoms with Crippen LogP contribution >= 0.6 is 0 Å². The van der Waals surface area contributed by atoms with Gasteiger partial charge in [-0.1, -0.05) is 0 Å². The maximum Gasteiger partial charge on any atom is 0.217 e. The van der Waals surface area contributed by atoms with Gasteiger partial charge in [0.05, 0.1) is 12.2 Å². The standard InChI is InChI=1S/C12H23NO6/c1-6(14)13-8-10(16)9(15)7(19-11(8)17)5-18-12(2,3)4/h7-11,15-17H,5H2,1-4H3,(H,13,14)/t7-,8-,9+,10-,11-/m1/s1. The molecule has 0 radical (unpaired) electrons. The fourth-order valence-electron chi connectivity index (χ4n) is 1.81. The number of carbonyl (C=O) groups is 1. The summed E-state index contributed by atoms with van der Waals surface area (Å²) < 4.78 is 10.6. The van der Waals surface area contributed by atoms with Crippen molar-refractivity contribution in [3.8, 4) is 0 Å². The highest BCUT2D eigenvalue weighted by atomic mass is 16.6. The van der Waals surface area contributed by atoms with Crippen molar-refractivity contribution in [2.75, 3.05) is 6.61 Å². The van der Waals surface area contributed by atoms with E-state index in [1.807, 2.05) is 20.8 Å². The number of aliphatic hydroxyl groups is 3. The minimum Gasteiger partial charge on any atom is -0.388 e. The maximum atomic E-state index is 11.0. The van der Waals surface area contributed by atoms with Crippen molar-refractivity contribution in [1.29, 1.82) is 0 Å². The number of ether oxygens (including phenoxy) is 2. The predicted molar refractivity (Wildman–Crippen MR) is 66.2 cm³/mol. The van der Waals surface area contributed by atoms with Gasteiger partial charge in [0.15, 0.2) is 6.29 Å². The van der Waals surface area contributed by atoms with Crippen molar-refractivity contribution < 1.29 is 29.6 Å². The lowest BCUT2D eigenvalue weighted by Gasteiger charge is -2.41. The Kier molecular flexibility index (Phi) is 5.28. The second-order valence-corrected chi connectivity index (χ2v) is 5.70. The van der Waals surface area contributed by atoms with E-state index in [4.69, 9.17) is 9.47 Å². The molecule has 0 unspecified atom stereocenters. The van der Waals surface area contributed by atoms with E-state index in [-0.39, 0.29) is 6.61 Å². The van der Waals surface area contributed by atoms with Crippen molar-refractivity contribution in [2.45, 2.75) is 63.9 Å². The molecule has 112 valence electrons. The molecule has 1 heterocycles. The molecule has 0 aromatic carbocycles. The first kappa shape index (κ1) is 16.3. The Morgan fingerprint density at radius 3 is 2.32 bits per heavy atom. The molecule has 1 aliphatic rings. The van der Waals surface area contributed by atoms with Crippen LogP contribution in [0.4, 0.5) is 0 Å². The molecule has 0 bridgehead atoms. The first-order chi connectivity index (χ1) is 8.61.